The number of hydrogen-bond donors (Lipinski definition) is 0. The number of para-hydroxylation sites is 2. The van der Waals surface area contributed by atoms with Crippen LogP contribution in [0.4, 0.5) is 11.4 Å². The monoisotopic (exact) mass is 449 g/mol. The van der Waals surface area contributed by atoms with Crippen molar-refractivity contribution in [2.75, 3.05) is 17.7 Å². The molecule has 0 bridgehead atoms. The smallest absolute Gasteiger partial charge is 0.271 e. The first-order valence-electron chi connectivity index (χ1n) is 9.99. The Balaban J connectivity index is 1.34. The second-order valence-corrected chi connectivity index (χ2v) is 8.22. The molecule has 0 saturated heterocycles. The molecule has 3 heterocycles. The number of imidazole rings is 1. The van der Waals surface area contributed by atoms with Crippen molar-refractivity contribution >= 4 is 40.1 Å². The average Bonchev–Trinajstić information content (AvgIpc) is 3.50. The minimum absolute atomic E-state index is 0.00912. The summed E-state index contributed by atoms with van der Waals surface area (Å²) in [6, 6.07) is 12.6. The van der Waals surface area contributed by atoms with Crippen LogP contribution >= 0.6 is 11.8 Å². The normalized spacial score (nSPS) is 13.0. The van der Waals surface area contributed by atoms with Gasteiger partial charge in [0.15, 0.2) is 5.16 Å². The van der Waals surface area contributed by atoms with E-state index >= 15 is 0 Å². The first kappa shape index (κ1) is 20.2. The lowest BCUT2D eigenvalue weighted by Gasteiger charge is -2.16. The Labute approximate surface area is 187 Å². The quantitative estimate of drug-likeness (QED) is 0.253. The number of non-ortho nitro benzene ring substituents is 1. The van der Waals surface area contributed by atoms with Crippen LogP contribution in [-0.4, -0.2) is 48.2 Å². The molecule has 2 aromatic carbocycles. The second kappa shape index (κ2) is 8.08. The molecule has 0 atom stereocenters. The highest BCUT2D eigenvalue weighted by molar-refractivity contribution is 7.98. The maximum Gasteiger partial charge on any atom is 0.271 e. The summed E-state index contributed by atoms with van der Waals surface area (Å²) < 4.78 is 3.58. The number of carbonyl (C=O) groups excluding carboxylic acids is 1. The first-order valence-corrected chi connectivity index (χ1v) is 11.2. The highest BCUT2D eigenvalue weighted by atomic mass is 32.2. The Bertz CT molecular complexity index is 1350. The number of amides is 1. The van der Waals surface area contributed by atoms with Crippen LogP contribution in [0.25, 0.3) is 11.0 Å². The number of nitrogens with zero attached hydrogens (tertiary/aromatic N) is 7. The number of carbonyl (C=O) groups is 1. The van der Waals surface area contributed by atoms with Gasteiger partial charge in [-0.2, -0.15) is 0 Å². The minimum Gasteiger partial charge on any atom is -0.313 e. The van der Waals surface area contributed by atoms with Crippen LogP contribution in [-0.2, 0) is 24.3 Å². The summed E-state index contributed by atoms with van der Waals surface area (Å²) in [6.07, 6.45) is 4.40. The Morgan fingerprint density at radius 1 is 1.25 bits per heavy atom. The van der Waals surface area contributed by atoms with Crippen molar-refractivity contribution in [3.05, 3.63) is 70.0 Å². The second-order valence-electron chi connectivity index (χ2n) is 7.45. The number of nitro groups is 1. The van der Waals surface area contributed by atoms with E-state index in [9.17, 15) is 14.9 Å². The molecule has 32 heavy (non-hydrogen) atoms. The van der Waals surface area contributed by atoms with Crippen LogP contribution < -0.4 is 4.90 Å². The molecule has 0 radical (unpaired) electrons. The third-order valence-electron chi connectivity index (χ3n) is 5.48. The van der Waals surface area contributed by atoms with Crippen LogP contribution in [0.15, 0.2) is 53.8 Å². The van der Waals surface area contributed by atoms with E-state index in [2.05, 4.69) is 19.9 Å². The molecule has 1 amide bonds. The van der Waals surface area contributed by atoms with Crippen molar-refractivity contribution in [1.82, 2.24) is 24.5 Å². The van der Waals surface area contributed by atoms with E-state index in [-0.39, 0.29) is 18.1 Å². The van der Waals surface area contributed by atoms with Crippen LogP contribution in [0, 0.1) is 10.1 Å². The molecule has 162 valence electrons. The SMILES string of the molecule is CSc1nc2ccccc2n1Cc1cn(CC(=O)N2CCc3ccc([N+](=O)[O-])cc32)nn1. The van der Waals surface area contributed by atoms with E-state index in [4.69, 9.17) is 0 Å². The molecule has 11 heteroatoms. The molecule has 1 aliphatic heterocycles. The number of benzene rings is 2. The predicted octanol–water partition coefficient (Wildman–Crippen LogP) is 2.90. The van der Waals surface area contributed by atoms with Gasteiger partial charge in [0, 0.05) is 18.7 Å². The molecule has 5 rings (SSSR count). The van der Waals surface area contributed by atoms with E-state index in [1.165, 1.54) is 16.8 Å². The Morgan fingerprint density at radius 2 is 2.09 bits per heavy atom. The fourth-order valence-corrected chi connectivity index (χ4v) is 4.55. The van der Waals surface area contributed by atoms with Crippen molar-refractivity contribution in [3.63, 3.8) is 0 Å². The minimum atomic E-state index is -0.451. The van der Waals surface area contributed by atoms with Gasteiger partial charge in [-0.15, -0.1) is 5.10 Å². The van der Waals surface area contributed by atoms with Crippen molar-refractivity contribution in [2.24, 2.45) is 0 Å². The lowest BCUT2D eigenvalue weighted by Crippen LogP contribution is -2.32. The summed E-state index contributed by atoms with van der Waals surface area (Å²) in [7, 11) is 0. The molecule has 4 aromatic rings. The molecule has 2 aromatic heterocycles. The third-order valence-corrected chi connectivity index (χ3v) is 6.16. The number of rotatable bonds is 6. The third kappa shape index (κ3) is 3.60. The van der Waals surface area contributed by atoms with Gasteiger partial charge < -0.3 is 9.47 Å². The van der Waals surface area contributed by atoms with E-state index in [0.717, 1.165) is 21.8 Å². The zero-order chi connectivity index (χ0) is 22.2. The maximum atomic E-state index is 12.9. The molecule has 0 fully saturated rings. The van der Waals surface area contributed by atoms with Gasteiger partial charge >= 0.3 is 0 Å². The summed E-state index contributed by atoms with van der Waals surface area (Å²) in [6.45, 7) is 0.994. The average molecular weight is 449 g/mol. The Hall–Kier alpha value is -3.73. The lowest BCUT2D eigenvalue weighted by atomic mass is 10.1. The number of thioether (sulfide) groups is 1. The first-order chi connectivity index (χ1) is 15.5. The summed E-state index contributed by atoms with van der Waals surface area (Å²) >= 11 is 1.56. The zero-order valence-corrected chi connectivity index (χ0v) is 18.0. The summed E-state index contributed by atoms with van der Waals surface area (Å²) in [4.78, 5) is 29.8. The van der Waals surface area contributed by atoms with Crippen molar-refractivity contribution in [2.45, 2.75) is 24.7 Å². The van der Waals surface area contributed by atoms with Crippen LogP contribution in [0.5, 0.6) is 0 Å². The Kier molecular flexibility index (Phi) is 5.10. The van der Waals surface area contributed by atoms with Crippen molar-refractivity contribution in [3.8, 4) is 0 Å². The standard InChI is InChI=1S/C21H19N7O3S/c1-32-21-22-17-4-2-3-5-18(17)27(21)12-15-11-25(24-23-15)13-20(29)26-9-8-14-6-7-16(28(30)31)10-19(14)26/h2-7,10-11H,8-9,12-13H2,1H3. The van der Waals surface area contributed by atoms with Crippen LogP contribution in [0.3, 0.4) is 0 Å². The number of fused-ring (bicyclic) bond motifs is 2. The van der Waals surface area contributed by atoms with Crippen LogP contribution in [0.2, 0.25) is 0 Å². The Morgan fingerprint density at radius 3 is 2.91 bits per heavy atom. The molecule has 1 aliphatic rings. The van der Waals surface area contributed by atoms with E-state index in [1.54, 1.807) is 28.9 Å². The van der Waals surface area contributed by atoms with E-state index < -0.39 is 4.92 Å². The van der Waals surface area contributed by atoms with E-state index in [1.807, 2.05) is 30.5 Å². The number of anilines is 1. The molecule has 0 aliphatic carbocycles. The molecular formula is C21H19N7O3S. The summed E-state index contributed by atoms with van der Waals surface area (Å²) in [5.74, 6) is -0.182. The molecule has 0 saturated carbocycles. The number of aromatic nitrogens is 5. The van der Waals surface area contributed by atoms with Gasteiger partial charge in [0.1, 0.15) is 12.2 Å². The maximum absolute atomic E-state index is 12.9. The highest BCUT2D eigenvalue weighted by Crippen LogP contribution is 2.32. The number of hydrogen-bond acceptors (Lipinski definition) is 7. The van der Waals surface area contributed by atoms with Gasteiger partial charge in [0.05, 0.1) is 34.4 Å². The van der Waals surface area contributed by atoms with Gasteiger partial charge in [-0.3, -0.25) is 14.9 Å². The van der Waals surface area contributed by atoms with Gasteiger partial charge in [-0.1, -0.05) is 35.2 Å². The topological polar surface area (TPSA) is 112 Å². The van der Waals surface area contributed by atoms with E-state index in [0.29, 0.717) is 30.9 Å². The van der Waals surface area contributed by atoms with Gasteiger partial charge in [-0.05, 0) is 30.4 Å². The molecule has 0 N–H and O–H groups in total. The van der Waals surface area contributed by atoms with Gasteiger partial charge in [-0.25, -0.2) is 9.67 Å². The van der Waals surface area contributed by atoms with Crippen molar-refractivity contribution in [1.29, 1.82) is 0 Å². The zero-order valence-electron chi connectivity index (χ0n) is 17.2. The van der Waals surface area contributed by atoms with Crippen LogP contribution in [0.1, 0.15) is 11.3 Å². The van der Waals surface area contributed by atoms with Crippen molar-refractivity contribution < 1.29 is 9.72 Å². The van der Waals surface area contributed by atoms with Gasteiger partial charge in [0.25, 0.3) is 5.69 Å². The molecular weight excluding hydrogens is 430 g/mol. The summed E-state index contributed by atoms with van der Waals surface area (Å²) in [5.41, 5.74) is 4.15. The highest BCUT2D eigenvalue weighted by Gasteiger charge is 2.27. The lowest BCUT2D eigenvalue weighted by molar-refractivity contribution is -0.384. The molecule has 0 unspecified atom stereocenters. The molecule has 10 nitrogen and oxygen atoms in total. The fraction of sp³-hybridized carbons (Fsp3) is 0.238. The number of nitro benzene ring substituents is 1. The molecule has 0 spiro atoms. The summed E-state index contributed by atoms with van der Waals surface area (Å²) in [5, 5.41) is 20.3. The fourth-order valence-electron chi connectivity index (χ4n) is 3.98. The van der Waals surface area contributed by atoms with Gasteiger partial charge in [0.2, 0.25) is 5.91 Å². The largest absolute Gasteiger partial charge is 0.313 e. The predicted molar refractivity (Wildman–Crippen MR) is 120 cm³/mol.